The first-order chi connectivity index (χ1) is 13.6. The molecule has 0 aliphatic carbocycles. The zero-order valence-electron chi connectivity index (χ0n) is 16.3. The number of pyridine rings is 1. The number of benzene rings is 1. The number of hydrogen-bond acceptors (Lipinski definition) is 4. The van der Waals surface area contributed by atoms with Crippen LogP contribution in [0, 0.1) is 6.92 Å². The molecule has 5 nitrogen and oxygen atoms in total. The van der Waals surface area contributed by atoms with Crippen molar-refractivity contribution in [3.05, 3.63) is 81.9 Å². The molecule has 0 bridgehead atoms. The van der Waals surface area contributed by atoms with Gasteiger partial charge in [0.25, 0.3) is 0 Å². The van der Waals surface area contributed by atoms with Gasteiger partial charge in [-0.1, -0.05) is 35.9 Å². The largest absolute Gasteiger partial charge is 0.369 e. The first kappa shape index (κ1) is 19.1. The zero-order chi connectivity index (χ0) is 19.5. The Hall–Kier alpha value is -2.21. The van der Waals surface area contributed by atoms with Gasteiger partial charge >= 0.3 is 0 Å². The maximum Gasteiger partial charge on any atom is 0.112 e. The smallest absolute Gasteiger partial charge is 0.112 e. The van der Waals surface area contributed by atoms with Crippen molar-refractivity contribution in [3.8, 4) is 0 Å². The van der Waals surface area contributed by atoms with Crippen molar-refractivity contribution < 1.29 is 4.74 Å². The number of ether oxygens (including phenoxy) is 1. The number of nitrogens with zero attached hydrogens (tertiary/aromatic N) is 4. The van der Waals surface area contributed by atoms with Crippen LogP contribution in [0.4, 0.5) is 0 Å². The molecule has 4 rings (SSSR count). The van der Waals surface area contributed by atoms with Crippen LogP contribution in [0.25, 0.3) is 0 Å². The second-order valence-corrected chi connectivity index (χ2v) is 7.74. The summed E-state index contributed by atoms with van der Waals surface area (Å²) in [6.07, 6.45) is 4.68. The highest BCUT2D eigenvalue weighted by Gasteiger charge is 2.24. The average molecular weight is 397 g/mol. The Balaban J connectivity index is 1.41. The van der Waals surface area contributed by atoms with E-state index in [1.165, 1.54) is 11.3 Å². The van der Waals surface area contributed by atoms with Crippen molar-refractivity contribution >= 4 is 11.6 Å². The summed E-state index contributed by atoms with van der Waals surface area (Å²) in [5, 5.41) is 5.14. The molecule has 0 spiro atoms. The van der Waals surface area contributed by atoms with Gasteiger partial charge in [0.2, 0.25) is 0 Å². The molecule has 1 aliphatic heterocycles. The Morgan fingerprint density at radius 1 is 1.14 bits per heavy atom. The van der Waals surface area contributed by atoms with E-state index < -0.39 is 0 Å². The average Bonchev–Trinajstić information content (AvgIpc) is 3.03. The van der Waals surface area contributed by atoms with E-state index in [1.54, 1.807) is 0 Å². The molecule has 0 radical (unpaired) electrons. The van der Waals surface area contributed by atoms with Gasteiger partial charge in [-0.05, 0) is 30.2 Å². The molecule has 1 unspecified atom stereocenters. The minimum Gasteiger partial charge on any atom is -0.369 e. The summed E-state index contributed by atoms with van der Waals surface area (Å²) in [5.41, 5.74) is 5.73. The first-order valence-electron chi connectivity index (χ1n) is 9.60. The van der Waals surface area contributed by atoms with Crippen LogP contribution in [-0.2, 0) is 24.8 Å². The lowest BCUT2D eigenvalue weighted by atomic mass is 10.1. The topological polar surface area (TPSA) is 43.2 Å². The number of morpholine rings is 1. The fourth-order valence-electron chi connectivity index (χ4n) is 3.56. The van der Waals surface area contributed by atoms with Crippen LogP contribution < -0.4 is 0 Å². The van der Waals surface area contributed by atoms with E-state index in [9.17, 15) is 0 Å². The van der Waals surface area contributed by atoms with Gasteiger partial charge in [-0.3, -0.25) is 14.6 Å². The molecule has 1 aliphatic rings. The second kappa shape index (κ2) is 8.43. The molecule has 6 heteroatoms. The fraction of sp³-hybridized carbons (Fsp3) is 0.364. The highest BCUT2D eigenvalue weighted by molar-refractivity contribution is 6.31. The third-order valence-electron chi connectivity index (χ3n) is 5.41. The monoisotopic (exact) mass is 396 g/mol. The van der Waals surface area contributed by atoms with Gasteiger partial charge in [-0.15, -0.1) is 0 Å². The Bertz CT molecular complexity index is 938. The van der Waals surface area contributed by atoms with Gasteiger partial charge < -0.3 is 4.74 Å². The van der Waals surface area contributed by atoms with Gasteiger partial charge in [0.1, 0.15) is 6.10 Å². The molecule has 1 atom stereocenters. The summed E-state index contributed by atoms with van der Waals surface area (Å²) in [6.45, 7) is 5.48. The Labute approximate surface area is 170 Å². The van der Waals surface area contributed by atoms with Gasteiger partial charge in [0.15, 0.2) is 0 Å². The number of rotatable bonds is 5. The molecule has 0 amide bonds. The number of aryl methyl sites for hydroxylation is 1. The van der Waals surface area contributed by atoms with Crippen molar-refractivity contribution in [2.75, 3.05) is 19.7 Å². The molecule has 2 aromatic heterocycles. The van der Waals surface area contributed by atoms with E-state index in [0.29, 0.717) is 6.61 Å². The minimum absolute atomic E-state index is 0.0000841. The van der Waals surface area contributed by atoms with E-state index in [-0.39, 0.29) is 6.10 Å². The molecular formula is C22H25ClN4O. The van der Waals surface area contributed by atoms with Gasteiger partial charge in [-0.2, -0.15) is 5.10 Å². The Kier molecular flexibility index (Phi) is 5.76. The number of hydrogen-bond donors (Lipinski definition) is 0. The van der Waals surface area contributed by atoms with Gasteiger partial charge in [0, 0.05) is 55.6 Å². The quantitative estimate of drug-likeness (QED) is 0.655. The van der Waals surface area contributed by atoms with Crippen LogP contribution >= 0.6 is 11.6 Å². The van der Waals surface area contributed by atoms with E-state index in [0.717, 1.165) is 47.9 Å². The lowest BCUT2D eigenvalue weighted by Gasteiger charge is -2.32. The molecule has 3 heterocycles. The Morgan fingerprint density at radius 2 is 2.00 bits per heavy atom. The summed E-state index contributed by atoms with van der Waals surface area (Å²) in [7, 11) is 1.98. The zero-order valence-corrected chi connectivity index (χ0v) is 17.1. The minimum atomic E-state index is 0.0000841. The predicted octanol–water partition coefficient (Wildman–Crippen LogP) is 3.94. The van der Waals surface area contributed by atoms with Crippen LogP contribution in [0.2, 0.25) is 5.02 Å². The van der Waals surface area contributed by atoms with Gasteiger partial charge in [-0.25, -0.2) is 0 Å². The molecule has 28 heavy (non-hydrogen) atoms. The third-order valence-corrected chi connectivity index (χ3v) is 5.78. The van der Waals surface area contributed by atoms with Crippen molar-refractivity contribution in [2.24, 2.45) is 7.05 Å². The lowest BCUT2D eigenvalue weighted by Crippen LogP contribution is -2.38. The maximum atomic E-state index is 6.27. The van der Waals surface area contributed by atoms with Crippen molar-refractivity contribution in [1.82, 2.24) is 19.7 Å². The molecule has 0 N–H and O–H groups in total. The highest BCUT2D eigenvalue weighted by atomic mass is 35.5. The van der Waals surface area contributed by atoms with Gasteiger partial charge in [0.05, 0.1) is 18.5 Å². The summed E-state index contributed by atoms with van der Waals surface area (Å²) < 4.78 is 7.92. The molecule has 1 saturated heterocycles. The van der Waals surface area contributed by atoms with Crippen LogP contribution in [0.3, 0.4) is 0 Å². The molecule has 1 aromatic carbocycles. The standard InChI is InChI=1S/C22H25ClN4O/c1-16-19(13-25-26(16)2)14-27-9-10-28-22(15-27)21-8-7-17(12-24-21)11-18-5-3-4-6-20(18)23/h3-8,12-13,22H,9-11,14-15H2,1-2H3. The van der Waals surface area contributed by atoms with Crippen LogP contribution in [0.5, 0.6) is 0 Å². The molecule has 1 fully saturated rings. The van der Waals surface area contributed by atoms with E-state index >= 15 is 0 Å². The molecule has 3 aromatic rings. The highest BCUT2D eigenvalue weighted by Crippen LogP contribution is 2.24. The van der Waals surface area contributed by atoms with Crippen molar-refractivity contribution in [1.29, 1.82) is 0 Å². The lowest BCUT2D eigenvalue weighted by molar-refractivity contribution is -0.0350. The van der Waals surface area contributed by atoms with Crippen LogP contribution in [0.15, 0.2) is 48.8 Å². The van der Waals surface area contributed by atoms with Crippen LogP contribution in [0.1, 0.15) is 34.2 Å². The van der Waals surface area contributed by atoms with Crippen molar-refractivity contribution in [3.63, 3.8) is 0 Å². The Morgan fingerprint density at radius 3 is 2.71 bits per heavy atom. The normalized spacial score (nSPS) is 17.8. The number of aromatic nitrogens is 3. The number of halogens is 1. The van der Waals surface area contributed by atoms with Crippen LogP contribution in [-0.4, -0.2) is 39.4 Å². The van der Waals surface area contributed by atoms with Crippen molar-refractivity contribution in [2.45, 2.75) is 26.0 Å². The summed E-state index contributed by atoms with van der Waals surface area (Å²) in [4.78, 5) is 7.09. The molecule has 0 saturated carbocycles. The summed E-state index contributed by atoms with van der Waals surface area (Å²) in [5.74, 6) is 0. The van der Waals surface area contributed by atoms with E-state index in [4.69, 9.17) is 16.3 Å². The SMILES string of the molecule is Cc1c(CN2CCOC(c3ccc(Cc4ccccc4Cl)cn3)C2)cnn1C. The maximum absolute atomic E-state index is 6.27. The summed E-state index contributed by atoms with van der Waals surface area (Å²) >= 11 is 6.27. The first-order valence-corrected chi connectivity index (χ1v) is 9.97. The second-order valence-electron chi connectivity index (χ2n) is 7.33. The van der Waals surface area contributed by atoms with E-state index in [1.807, 2.05) is 42.3 Å². The third kappa shape index (κ3) is 4.27. The van der Waals surface area contributed by atoms with E-state index in [2.05, 4.69) is 40.1 Å². The molecule has 146 valence electrons. The predicted molar refractivity (Wildman–Crippen MR) is 110 cm³/mol. The molecular weight excluding hydrogens is 372 g/mol. The fourth-order valence-corrected chi connectivity index (χ4v) is 3.76. The summed E-state index contributed by atoms with van der Waals surface area (Å²) in [6, 6.07) is 12.1.